The predicted molar refractivity (Wildman–Crippen MR) is 67.5 cm³/mol. The highest BCUT2D eigenvalue weighted by atomic mass is 16.3. The van der Waals surface area contributed by atoms with Crippen LogP contribution in [0.15, 0.2) is 0 Å². The standard InChI is InChI=1S/C15H26O2/c1-13(2)9-5-7-14(3,16)10-6-8-15(4,17)12(10)11(9)13/h9-12,16-17H,5-8H2,1-4H3/t9-,10+,11-,12-,14+,15+/m1/s1. The molecule has 3 aliphatic rings. The lowest BCUT2D eigenvalue weighted by molar-refractivity contribution is -0.0663. The van der Waals surface area contributed by atoms with Gasteiger partial charge in [0.15, 0.2) is 0 Å². The van der Waals surface area contributed by atoms with Gasteiger partial charge < -0.3 is 10.2 Å². The van der Waals surface area contributed by atoms with Crippen molar-refractivity contribution >= 4 is 0 Å². The summed E-state index contributed by atoms with van der Waals surface area (Å²) >= 11 is 0. The van der Waals surface area contributed by atoms with E-state index in [0.717, 1.165) is 25.7 Å². The normalized spacial score (nSPS) is 60.4. The van der Waals surface area contributed by atoms with Crippen molar-refractivity contribution in [2.24, 2.45) is 29.1 Å². The minimum absolute atomic E-state index is 0.300. The summed E-state index contributed by atoms with van der Waals surface area (Å²) in [5.41, 5.74) is -0.738. The van der Waals surface area contributed by atoms with Gasteiger partial charge in [-0.1, -0.05) is 13.8 Å². The van der Waals surface area contributed by atoms with Gasteiger partial charge in [0.1, 0.15) is 0 Å². The van der Waals surface area contributed by atoms with Crippen LogP contribution >= 0.6 is 0 Å². The van der Waals surface area contributed by atoms with E-state index in [0.29, 0.717) is 29.1 Å². The molecule has 3 saturated carbocycles. The molecule has 98 valence electrons. The summed E-state index contributed by atoms with van der Waals surface area (Å²) in [6, 6.07) is 0. The van der Waals surface area contributed by atoms with Gasteiger partial charge in [0.05, 0.1) is 11.2 Å². The van der Waals surface area contributed by atoms with Gasteiger partial charge in [0.2, 0.25) is 0 Å². The minimum Gasteiger partial charge on any atom is -0.390 e. The Morgan fingerprint density at radius 3 is 1.94 bits per heavy atom. The first-order chi connectivity index (χ1) is 7.68. The van der Waals surface area contributed by atoms with E-state index in [1.165, 1.54) is 0 Å². The monoisotopic (exact) mass is 238 g/mol. The molecule has 0 aromatic rings. The molecular formula is C15H26O2. The zero-order valence-corrected chi connectivity index (χ0v) is 11.5. The summed E-state index contributed by atoms with van der Waals surface area (Å²) in [7, 11) is 0. The molecule has 2 nitrogen and oxygen atoms in total. The summed E-state index contributed by atoms with van der Waals surface area (Å²) in [4.78, 5) is 0. The third kappa shape index (κ3) is 1.46. The van der Waals surface area contributed by atoms with E-state index in [2.05, 4.69) is 13.8 Å². The molecule has 3 aliphatic carbocycles. The summed E-state index contributed by atoms with van der Waals surface area (Å²) in [6.45, 7) is 8.66. The second-order valence-electron chi connectivity index (χ2n) is 7.88. The summed E-state index contributed by atoms with van der Waals surface area (Å²) in [5, 5.41) is 21.3. The van der Waals surface area contributed by atoms with Gasteiger partial charge in [-0.25, -0.2) is 0 Å². The Morgan fingerprint density at radius 1 is 0.765 bits per heavy atom. The number of hydrogen-bond donors (Lipinski definition) is 2. The lowest BCUT2D eigenvalue weighted by Crippen LogP contribution is -2.43. The summed E-state index contributed by atoms with van der Waals surface area (Å²) < 4.78 is 0. The van der Waals surface area contributed by atoms with E-state index in [4.69, 9.17) is 0 Å². The molecular weight excluding hydrogens is 212 g/mol. The van der Waals surface area contributed by atoms with Crippen LogP contribution < -0.4 is 0 Å². The molecule has 0 spiro atoms. The van der Waals surface area contributed by atoms with Crippen LogP contribution in [-0.4, -0.2) is 21.4 Å². The maximum atomic E-state index is 10.7. The molecule has 3 rings (SSSR count). The van der Waals surface area contributed by atoms with E-state index in [1.54, 1.807) is 0 Å². The SMILES string of the molecule is CC1(C)[C@H]2[C@H]3[C@H](CC[C@]3(C)O)[C@@](C)(O)CC[C@H]21. The van der Waals surface area contributed by atoms with Crippen LogP contribution in [0.2, 0.25) is 0 Å². The topological polar surface area (TPSA) is 40.5 Å². The number of hydrogen-bond acceptors (Lipinski definition) is 2. The van der Waals surface area contributed by atoms with Crippen molar-refractivity contribution in [1.29, 1.82) is 0 Å². The van der Waals surface area contributed by atoms with Gasteiger partial charge >= 0.3 is 0 Å². The maximum Gasteiger partial charge on any atom is 0.0654 e. The first kappa shape index (κ1) is 12.0. The van der Waals surface area contributed by atoms with Crippen molar-refractivity contribution in [3.63, 3.8) is 0 Å². The largest absolute Gasteiger partial charge is 0.390 e. The van der Waals surface area contributed by atoms with Crippen LogP contribution in [0.5, 0.6) is 0 Å². The van der Waals surface area contributed by atoms with Crippen LogP contribution in [0.4, 0.5) is 0 Å². The highest BCUT2D eigenvalue weighted by Crippen LogP contribution is 2.71. The Morgan fingerprint density at radius 2 is 1.29 bits per heavy atom. The van der Waals surface area contributed by atoms with Crippen molar-refractivity contribution < 1.29 is 10.2 Å². The number of fused-ring (bicyclic) bond motifs is 3. The first-order valence-corrected chi connectivity index (χ1v) is 7.13. The van der Waals surface area contributed by atoms with Crippen molar-refractivity contribution in [2.75, 3.05) is 0 Å². The Balaban J connectivity index is 1.99. The minimum atomic E-state index is -0.561. The van der Waals surface area contributed by atoms with Crippen LogP contribution in [-0.2, 0) is 0 Å². The third-order valence-corrected chi connectivity index (χ3v) is 6.40. The van der Waals surface area contributed by atoms with E-state index >= 15 is 0 Å². The van der Waals surface area contributed by atoms with E-state index in [-0.39, 0.29) is 0 Å². The average Bonchev–Trinajstić information content (AvgIpc) is 2.59. The molecule has 0 aromatic carbocycles. The quantitative estimate of drug-likeness (QED) is 0.681. The number of rotatable bonds is 0. The molecule has 0 aromatic heterocycles. The Labute approximate surface area is 104 Å². The van der Waals surface area contributed by atoms with Crippen LogP contribution in [0, 0.1) is 29.1 Å². The zero-order valence-electron chi connectivity index (χ0n) is 11.5. The molecule has 6 atom stereocenters. The molecule has 0 unspecified atom stereocenters. The molecule has 0 bridgehead atoms. The lowest BCUT2D eigenvalue weighted by atomic mass is 9.73. The summed E-state index contributed by atoms with van der Waals surface area (Å²) in [5.74, 6) is 1.95. The van der Waals surface area contributed by atoms with Gasteiger partial charge in [0, 0.05) is 0 Å². The van der Waals surface area contributed by atoms with E-state index in [9.17, 15) is 10.2 Å². The molecule has 0 amide bonds. The van der Waals surface area contributed by atoms with Gasteiger partial charge in [0.25, 0.3) is 0 Å². The number of aliphatic hydroxyl groups is 2. The molecule has 3 fully saturated rings. The third-order valence-electron chi connectivity index (χ3n) is 6.40. The van der Waals surface area contributed by atoms with Crippen molar-refractivity contribution in [2.45, 2.75) is 64.6 Å². The van der Waals surface area contributed by atoms with E-state index in [1.807, 2.05) is 13.8 Å². The van der Waals surface area contributed by atoms with Crippen molar-refractivity contribution in [3.05, 3.63) is 0 Å². The fourth-order valence-electron chi connectivity index (χ4n) is 5.25. The lowest BCUT2D eigenvalue weighted by Gasteiger charge is -2.37. The zero-order chi connectivity index (χ0) is 12.6. The second kappa shape index (κ2) is 3.08. The van der Waals surface area contributed by atoms with Crippen molar-refractivity contribution in [3.8, 4) is 0 Å². The van der Waals surface area contributed by atoms with Gasteiger partial charge in [-0.05, 0) is 68.6 Å². The van der Waals surface area contributed by atoms with Gasteiger partial charge in [-0.2, -0.15) is 0 Å². The Kier molecular flexibility index (Phi) is 2.17. The Hall–Kier alpha value is -0.0800. The fourth-order valence-corrected chi connectivity index (χ4v) is 5.25. The summed E-state index contributed by atoms with van der Waals surface area (Å²) in [6.07, 6.45) is 3.89. The first-order valence-electron chi connectivity index (χ1n) is 7.13. The molecule has 0 saturated heterocycles. The van der Waals surface area contributed by atoms with Gasteiger partial charge in [-0.15, -0.1) is 0 Å². The maximum absolute atomic E-state index is 10.7. The molecule has 2 heteroatoms. The molecule has 0 radical (unpaired) electrons. The second-order valence-corrected chi connectivity index (χ2v) is 7.88. The molecule has 2 N–H and O–H groups in total. The molecule has 0 aliphatic heterocycles. The van der Waals surface area contributed by atoms with Gasteiger partial charge in [-0.3, -0.25) is 0 Å². The average molecular weight is 238 g/mol. The smallest absolute Gasteiger partial charge is 0.0654 e. The van der Waals surface area contributed by atoms with Crippen LogP contribution in [0.1, 0.15) is 53.4 Å². The Bertz CT molecular complexity index is 343. The fraction of sp³-hybridized carbons (Fsp3) is 1.00. The highest BCUT2D eigenvalue weighted by Gasteiger charge is 2.69. The predicted octanol–water partition coefficient (Wildman–Crippen LogP) is 2.58. The van der Waals surface area contributed by atoms with Crippen LogP contribution in [0.25, 0.3) is 0 Å². The molecule has 17 heavy (non-hydrogen) atoms. The highest BCUT2D eigenvalue weighted by molar-refractivity contribution is 5.18. The van der Waals surface area contributed by atoms with Crippen LogP contribution in [0.3, 0.4) is 0 Å². The van der Waals surface area contributed by atoms with Crippen molar-refractivity contribution in [1.82, 2.24) is 0 Å². The molecule has 0 heterocycles. The van der Waals surface area contributed by atoms with E-state index < -0.39 is 11.2 Å².